The van der Waals surface area contributed by atoms with Gasteiger partial charge in [-0.3, -0.25) is 9.88 Å². The fourth-order valence-corrected chi connectivity index (χ4v) is 2.46. The molecule has 1 aliphatic heterocycles. The Morgan fingerprint density at radius 3 is 2.89 bits per heavy atom. The van der Waals surface area contributed by atoms with Crippen molar-refractivity contribution >= 4 is 0 Å². The number of rotatable bonds is 6. The lowest BCUT2D eigenvalue weighted by Gasteiger charge is -2.22. The average molecular weight is 261 g/mol. The second kappa shape index (κ2) is 5.99. The molecule has 2 heterocycles. The van der Waals surface area contributed by atoms with Gasteiger partial charge in [-0.25, -0.2) is 0 Å². The summed E-state index contributed by atoms with van der Waals surface area (Å²) in [6.45, 7) is 3.61. The van der Waals surface area contributed by atoms with Gasteiger partial charge in [0, 0.05) is 38.0 Å². The van der Waals surface area contributed by atoms with Gasteiger partial charge in [0.05, 0.1) is 12.3 Å². The van der Waals surface area contributed by atoms with Crippen LogP contribution < -0.4 is 5.32 Å². The molecule has 2 fully saturated rings. The van der Waals surface area contributed by atoms with Gasteiger partial charge in [0.15, 0.2) is 0 Å². The molecule has 0 spiro atoms. The van der Waals surface area contributed by atoms with Crippen LogP contribution in [0, 0.1) is 0 Å². The van der Waals surface area contributed by atoms with E-state index in [4.69, 9.17) is 4.74 Å². The molecular weight excluding hydrogens is 238 g/mol. The number of hydrogen-bond acceptors (Lipinski definition) is 4. The molecule has 1 saturated carbocycles. The van der Waals surface area contributed by atoms with Gasteiger partial charge in [0.25, 0.3) is 0 Å². The molecule has 4 nitrogen and oxygen atoms in total. The fraction of sp³-hybridized carbons (Fsp3) is 0.667. The molecule has 3 rings (SSSR count). The van der Waals surface area contributed by atoms with Crippen LogP contribution in [-0.2, 0) is 17.8 Å². The Morgan fingerprint density at radius 2 is 2.26 bits per heavy atom. The lowest BCUT2D eigenvalue weighted by Crippen LogP contribution is -2.31. The maximum absolute atomic E-state index is 5.42. The molecule has 1 aliphatic carbocycles. The molecule has 19 heavy (non-hydrogen) atoms. The third-order valence-electron chi connectivity index (χ3n) is 4.00. The highest BCUT2D eigenvalue weighted by Gasteiger charge is 2.21. The van der Waals surface area contributed by atoms with Gasteiger partial charge in [-0.2, -0.15) is 0 Å². The second-order valence-corrected chi connectivity index (χ2v) is 5.75. The molecule has 0 aromatic carbocycles. The van der Waals surface area contributed by atoms with Gasteiger partial charge in [-0.05, 0) is 37.9 Å². The van der Waals surface area contributed by atoms with E-state index in [-0.39, 0.29) is 0 Å². The molecular formula is C15H23N3O. The average Bonchev–Trinajstić information content (AvgIpc) is 3.09. The van der Waals surface area contributed by atoms with Gasteiger partial charge < -0.3 is 10.1 Å². The van der Waals surface area contributed by atoms with Crippen molar-refractivity contribution in [1.29, 1.82) is 0 Å². The van der Waals surface area contributed by atoms with E-state index in [1.54, 1.807) is 0 Å². The second-order valence-electron chi connectivity index (χ2n) is 5.75. The van der Waals surface area contributed by atoms with E-state index in [1.165, 1.54) is 18.4 Å². The Hall–Kier alpha value is -0.970. The molecule has 0 amide bonds. The van der Waals surface area contributed by atoms with Crippen LogP contribution in [0.25, 0.3) is 0 Å². The lowest BCUT2D eigenvalue weighted by molar-refractivity contribution is 0.155. The summed E-state index contributed by atoms with van der Waals surface area (Å²) in [5.74, 6) is 0. The van der Waals surface area contributed by atoms with Gasteiger partial charge in [0.2, 0.25) is 0 Å². The van der Waals surface area contributed by atoms with E-state index in [0.717, 1.165) is 44.5 Å². The Balaban J connectivity index is 1.49. The van der Waals surface area contributed by atoms with Gasteiger partial charge >= 0.3 is 0 Å². The van der Waals surface area contributed by atoms with Crippen molar-refractivity contribution in [3.05, 3.63) is 29.6 Å². The Labute approximate surface area is 115 Å². The lowest BCUT2D eigenvalue weighted by atomic mass is 10.2. The molecule has 0 radical (unpaired) electrons. The number of nitrogens with one attached hydrogen (secondary N) is 1. The zero-order valence-electron chi connectivity index (χ0n) is 11.6. The monoisotopic (exact) mass is 261 g/mol. The predicted octanol–water partition coefficient (Wildman–Crippen LogP) is 1.55. The summed E-state index contributed by atoms with van der Waals surface area (Å²) in [6, 6.07) is 5.65. The molecule has 0 bridgehead atoms. The SMILES string of the molecule is CN(Cc1ccc(CNC2CC2)cn1)C1CCOC1. The first-order valence-electron chi connectivity index (χ1n) is 7.26. The van der Waals surface area contributed by atoms with E-state index in [1.807, 2.05) is 6.20 Å². The van der Waals surface area contributed by atoms with Gasteiger partial charge in [0.1, 0.15) is 0 Å². The van der Waals surface area contributed by atoms with E-state index in [9.17, 15) is 0 Å². The van der Waals surface area contributed by atoms with Crippen molar-refractivity contribution in [3.63, 3.8) is 0 Å². The third kappa shape index (κ3) is 3.75. The van der Waals surface area contributed by atoms with Crippen molar-refractivity contribution in [2.24, 2.45) is 0 Å². The van der Waals surface area contributed by atoms with Crippen LogP contribution in [0.5, 0.6) is 0 Å². The first kappa shape index (κ1) is 13.0. The van der Waals surface area contributed by atoms with Crippen LogP contribution in [0.2, 0.25) is 0 Å². The maximum Gasteiger partial charge on any atom is 0.0622 e. The van der Waals surface area contributed by atoms with Gasteiger partial charge in [-0.1, -0.05) is 6.07 Å². The normalized spacial score (nSPS) is 23.2. The summed E-state index contributed by atoms with van der Waals surface area (Å²) in [4.78, 5) is 6.91. The largest absolute Gasteiger partial charge is 0.380 e. The summed E-state index contributed by atoms with van der Waals surface area (Å²) in [6.07, 6.45) is 5.81. The molecule has 1 N–H and O–H groups in total. The smallest absolute Gasteiger partial charge is 0.0622 e. The molecule has 1 aromatic rings. The van der Waals surface area contributed by atoms with Crippen LogP contribution in [0.1, 0.15) is 30.5 Å². The minimum Gasteiger partial charge on any atom is -0.380 e. The first-order chi connectivity index (χ1) is 9.31. The number of likely N-dealkylation sites (N-methyl/N-ethyl adjacent to an activating group) is 1. The van der Waals surface area contributed by atoms with E-state index in [2.05, 4.69) is 34.4 Å². The summed E-state index contributed by atoms with van der Waals surface area (Å²) >= 11 is 0. The summed E-state index contributed by atoms with van der Waals surface area (Å²) in [5.41, 5.74) is 2.42. The zero-order chi connectivity index (χ0) is 13.1. The minimum atomic E-state index is 0.554. The quantitative estimate of drug-likeness (QED) is 0.843. The van der Waals surface area contributed by atoms with Crippen LogP contribution >= 0.6 is 0 Å². The van der Waals surface area contributed by atoms with Crippen LogP contribution in [0.3, 0.4) is 0 Å². The predicted molar refractivity (Wildman–Crippen MR) is 74.8 cm³/mol. The topological polar surface area (TPSA) is 37.4 Å². The summed E-state index contributed by atoms with van der Waals surface area (Å²) in [5, 5.41) is 3.51. The van der Waals surface area contributed by atoms with Crippen LogP contribution in [0.4, 0.5) is 0 Å². The van der Waals surface area contributed by atoms with E-state index in [0.29, 0.717) is 6.04 Å². The molecule has 4 heteroatoms. The van der Waals surface area contributed by atoms with Crippen molar-refractivity contribution < 1.29 is 4.74 Å². The molecule has 1 aromatic heterocycles. The standard InChI is InChI=1S/C15H23N3O/c1-18(15-6-7-19-11-15)10-14-3-2-12(9-17-14)8-16-13-4-5-13/h2-3,9,13,15-16H,4-8,10-11H2,1H3. The van der Waals surface area contributed by atoms with Crippen molar-refractivity contribution in [3.8, 4) is 0 Å². The molecule has 1 saturated heterocycles. The zero-order valence-corrected chi connectivity index (χ0v) is 11.6. The number of ether oxygens (including phenoxy) is 1. The molecule has 1 atom stereocenters. The first-order valence-corrected chi connectivity index (χ1v) is 7.26. The fourth-order valence-electron chi connectivity index (χ4n) is 2.46. The Kier molecular flexibility index (Phi) is 4.11. The third-order valence-corrected chi connectivity index (χ3v) is 4.00. The highest BCUT2D eigenvalue weighted by Crippen LogP contribution is 2.19. The van der Waals surface area contributed by atoms with Crippen LogP contribution in [-0.4, -0.2) is 42.2 Å². The highest BCUT2D eigenvalue weighted by molar-refractivity contribution is 5.14. The number of pyridine rings is 1. The van der Waals surface area contributed by atoms with Crippen molar-refractivity contribution in [2.75, 3.05) is 20.3 Å². The number of nitrogens with zero attached hydrogens (tertiary/aromatic N) is 2. The Morgan fingerprint density at radius 1 is 1.37 bits per heavy atom. The molecule has 104 valence electrons. The number of hydrogen-bond donors (Lipinski definition) is 1. The Bertz CT molecular complexity index is 396. The van der Waals surface area contributed by atoms with Crippen molar-refractivity contribution in [1.82, 2.24) is 15.2 Å². The molecule has 1 unspecified atom stereocenters. The maximum atomic E-state index is 5.42. The number of aromatic nitrogens is 1. The van der Waals surface area contributed by atoms with Crippen molar-refractivity contribution in [2.45, 2.75) is 44.4 Å². The van der Waals surface area contributed by atoms with Gasteiger partial charge in [-0.15, -0.1) is 0 Å². The summed E-state index contributed by atoms with van der Waals surface area (Å²) < 4.78 is 5.42. The molecule has 2 aliphatic rings. The van der Waals surface area contributed by atoms with E-state index < -0.39 is 0 Å². The highest BCUT2D eigenvalue weighted by atomic mass is 16.5. The van der Waals surface area contributed by atoms with Crippen LogP contribution in [0.15, 0.2) is 18.3 Å². The minimum absolute atomic E-state index is 0.554. The summed E-state index contributed by atoms with van der Waals surface area (Å²) in [7, 11) is 2.16. The van der Waals surface area contributed by atoms with E-state index >= 15 is 0 Å².